The zero-order valence-electron chi connectivity index (χ0n) is 15.0. The van der Waals surface area contributed by atoms with E-state index in [4.69, 9.17) is 0 Å². The van der Waals surface area contributed by atoms with Crippen molar-refractivity contribution in [2.45, 2.75) is 11.4 Å². The summed E-state index contributed by atoms with van der Waals surface area (Å²) >= 11 is 0. The highest BCUT2D eigenvalue weighted by Crippen LogP contribution is 2.18. The molecule has 0 aliphatic carbocycles. The number of nitrogens with one attached hydrogen (secondary N) is 1. The van der Waals surface area contributed by atoms with Crippen LogP contribution in [0.25, 0.3) is 10.9 Å². The largest absolute Gasteiger partial charge is 0.309 e. The first-order valence-electron chi connectivity index (χ1n) is 8.89. The monoisotopic (exact) mass is 402 g/mol. The molecule has 0 unspecified atom stereocenters. The number of H-pyrrole nitrogens is 1. The summed E-state index contributed by atoms with van der Waals surface area (Å²) in [6, 6.07) is 12.0. The third-order valence-corrected chi connectivity index (χ3v) is 6.73. The third-order valence-electron chi connectivity index (χ3n) is 4.82. The van der Waals surface area contributed by atoms with Crippen LogP contribution >= 0.6 is 0 Å². The molecular formula is C19H19FN4O3S. The van der Waals surface area contributed by atoms with Gasteiger partial charge in [-0.1, -0.05) is 12.1 Å². The van der Waals surface area contributed by atoms with E-state index in [0.29, 0.717) is 49.5 Å². The lowest BCUT2D eigenvalue weighted by atomic mass is 10.2. The van der Waals surface area contributed by atoms with Crippen molar-refractivity contribution in [3.63, 3.8) is 0 Å². The number of sulfonamides is 1. The second-order valence-electron chi connectivity index (χ2n) is 6.66. The van der Waals surface area contributed by atoms with Crippen molar-refractivity contribution in [2.75, 3.05) is 26.2 Å². The molecule has 28 heavy (non-hydrogen) atoms. The molecule has 0 bridgehead atoms. The minimum atomic E-state index is -3.64. The minimum absolute atomic E-state index is 0.0860. The van der Waals surface area contributed by atoms with Gasteiger partial charge in [0.2, 0.25) is 10.0 Å². The Bertz CT molecular complexity index is 1150. The quantitative estimate of drug-likeness (QED) is 0.716. The summed E-state index contributed by atoms with van der Waals surface area (Å²) in [6.45, 7) is 2.09. The Morgan fingerprint density at radius 2 is 1.68 bits per heavy atom. The van der Waals surface area contributed by atoms with Gasteiger partial charge in [-0.05, 0) is 36.4 Å². The van der Waals surface area contributed by atoms with Gasteiger partial charge in [0.25, 0.3) is 5.56 Å². The fourth-order valence-corrected chi connectivity index (χ4v) is 4.73. The zero-order chi connectivity index (χ0) is 19.7. The molecule has 2 heterocycles. The lowest BCUT2D eigenvalue weighted by molar-refractivity contribution is 0.178. The number of halogens is 1. The van der Waals surface area contributed by atoms with Crippen LogP contribution in [-0.4, -0.2) is 53.8 Å². The van der Waals surface area contributed by atoms with Gasteiger partial charge in [0.05, 0.1) is 22.3 Å². The van der Waals surface area contributed by atoms with E-state index in [1.54, 1.807) is 18.2 Å². The lowest BCUT2D eigenvalue weighted by Gasteiger charge is -2.33. The molecule has 2 aromatic carbocycles. The second-order valence-corrected chi connectivity index (χ2v) is 8.60. The fraction of sp³-hybridized carbons (Fsp3) is 0.263. The van der Waals surface area contributed by atoms with E-state index >= 15 is 0 Å². The molecule has 7 nitrogen and oxygen atoms in total. The van der Waals surface area contributed by atoms with Gasteiger partial charge in [-0.25, -0.2) is 17.8 Å². The number of aromatic nitrogens is 2. The second kappa shape index (κ2) is 7.42. The number of fused-ring (bicyclic) bond motifs is 1. The molecule has 0 saturated carbocycles. The normalized spacial score (nSPS) is 16.5. The number of benzene rings is 2. The highest BCUT2D eigenvalue weighted by molar-refractivity contribution is 7.89. The van der Waals surface area contributed by atoms with Gasteiger partial charge in [0.1, 0.15) is 11.6 Å². The SMILES string of the molecule is O=c1[nH]c(CN2CCN(S(=O)(=O)c3ccc(F)cc3)CC2)nc2ccccc12. The highest BCUT2D eigenvalue weighted by Gasteiger charge is 2.28. The molecule has 9 heteroatoms. The maximum absolute atomic E-state index is 13.1. The molecule has 0 radical (unpaired) electrons. The summed E-state index contributed by atoms with van der Waals surface area (Å²) in [4.78, 5) is 21.6. The number of nitrogens with zero attached hydrogens (tertiary/aromatic N) is 3. The Kier molecular flexibility index (Phi) is 4.96. The van der Waals surface area contributed by atoms with E-state index in [9.17, 15) is 17.6 Å². The molecule has 3 aromatic rings. The van der Waals surface area contributed by atoms with Gasteiger partial charge in [-0.2, -0.15) is 4.31 Å². The average Bonchev–Trinajstić information content (AvgIpc) is 2.69. The zero-order valence-corrected chi connectivity index (χ0v) is 15.8. The van der Waals surface area contributed by atoms with E-state index in [1.165, 1.54) is 16.4 Å². The molecule has 1 aliphatic heterocycles. The molecule has 146 valence electrons. The standard InChI is InChI=1S/C19H19FN4O3S/c20-14-5-7-15(8-6-14)28(26,27)24-11-9-23(10-12-24)13-18-21-17-4-2-1-3-16(17)19(25)22-18/h1-8H,9-13H2,(H,21,22,25). The molecule has 1 saturated heterocycles. The van der Waals surface area contributed by atoms with E-state index in [0.717, 1.165) is 12.1 Å². The summed E-state index contributed by atoms with van der Waals surface area (Å²) in [5.74, 6) is 0.0826. The summed E-state index contributed by atoms with van der Waals surface area (Å²) in [7, 11) is -3.64. The average molecular weight is 402 g/mol. The molecule has 4 rings (SSSR count). The predicted molar refractivity (Wildman–Crippen MR) is 103 cm³/mol. The van der Waals surface area contributed by atoms with Crippen LogP contribution in [0.3, 0.4) is 0 Å². The number of hydrogen-bond donors (Lipinski definition) is 1. The van der Waals surface area contributed by atoms with Crippen LogP contribution in [0.15, 0.2) is 58.2 Å². The number of rotatable bonds is 4. The smallest absolute Gasteiger partial charge is 0.258 e. The van der Waals surface area contributed by atoms with Crippen molar-refractivity contribution in [2.24, 2.45) is 0 Å². The number of piperazine rings is 1. The van der Waals surface area contributed by atoms with Crippen molar-refractivity contribution in [1.82, 2.24) is 19.2 Å². The first kappa shape index (κ1) is 18.7. The van der Waals surface area contributed by atoms with Gasteiger partial charge in [-0.15, -0.1) is 0 Å². The lowest BCUT2D eigenvalue weighted by Crippen LogP contribution is -2.48. The number of hydrogen-bond acceptors (Lipinski definition) is 5. The maximum atomic E-state index is 13.1. The van der Waals surface area contributed by atoms with Gasteiger partial charge < -0.3 is 4.98 Å². The summed E-state index contributed by atoms with van der Waals surface area (Å²) in [6.07, 6.45) is 0. The van der Waals surface area contributed by atoms with Crippen LogP contribution in [0.1, 0.15) is 5.82 Å². The van der Waals surface area contributed by atoms with E-state index in [-0.39, 0.29) is 10.5 Å². The van der Waals surface area contributed by atoms with Crippen molar-refractivity contribution >= 4 is 20.9 Å². The Labute approximate surface area is 161 Å². The Balaban J connectivity index is 1.44. The van der Waals surface area contributed by atoms with Crippen LogP contribution in [0.5, 0.6) is 0 Å². The minimum Gasteiger partial charge on any atom is -0.309 e. The van der Waals surface area contributed by atoms with Crippen LogP contribution in [-0.2, 0) is 16.6 Å². The Morgan fingerprint density at radius 1 is 1.00 bits per heavy atom. The van der Waals surface area contributed by atoms with Crippen LogP contribution in [0.4, 0.5) is 4.39 Å². The van der Waals surface area contributed by atoms with E-state index in [1.807, 2.05) is 11.0 Å². The molecule has 1 aromatic heterocycles. The number of aromatic amines is 1. The fourth-order valence-electron chi connectivity index (χ4n) is 3.31. The first-order valence-corrected chi connectivity index (χ1v) is 10.3. The van der Waals surface area contributed by atoms with Crippen LogP contribution in [0, 0.1) is 5.82 Å². The summed E-state index contributed by atoms with van der Waals surface area (Å²) in [5, 5.41) is 0.543. The molecule has 0 atom stereocenters. The van der Waals surface area contributed by atoms with Crippen molar-refractivity contribution < 1.29 is 12.8 Å². The number of para-hydroxylation sites is 1. The summed E-state index contributed by atoms with van der Waals surface area (Å²) in [5.41, 5.74) is 0.455. The van der Waals surface area contributed by atoms with Crippen LogP contribution < -0.4 is 5.56 Å². The summed E-state index contributed by atoms with van der Waals surface area (Å²) < 4.78 is 39.8. The Hall–Kier alpha value is -2.62. The van der Waals surface area contributed by atoms with E-state index in [2.05, 4.69) is 9.97 Å². The molecule has 1 N–H and O–H groups in total. The molecule has 1 fully saturated rings. The van der Waals surface area contributed by atoms with Crippen molar-refractivity contribution in [1.29, 1.82) is 0 Å². The Morgan fingerprint density at radius 3 is 2.39 bits per heavy atom. The molecule has 0 spiro atoms. The van der Waals surface area contributed by atoms with E-state index < -0.39 is 15.8 Å². The molecule has 0 amide bonds. The maximum Gasteiger partial charge on any atom is 0.258 e. The highest BCUT2D eigenvalue weighted by atomic mass is 32.2. The van der Waals surface area contributed by atoms with Gasteiger partial charge in [0.15, 0.2) is 0 Å². The van der Waals surface area contributed by atoms with Crippen molar-refractivity contribution in [3.8, 4) is 0 Å². The topological polar surface area (TPSA) is 86.4 Å². The molecular weight excluding hydrogens is 383 g/mol. The molecule has 1 aliphatic rings. The van der Waals surface area contributed by atoms with Gasteiger partial charge in [-0.3, -0.25) is 9.69 Å². The third kappa shape index (κ3) is 3.68. The van der Waals surface area contributed by atoms with Crippen molar-refractivity contribution in [3.05, 3.63) is 70.5 Å². The van der Waals surface area contributed by atoms with Gasteiger partial charge >= 0.3 is 0 Å². The first-order chi connectivity index (χ1) is 13.4. The predicted octanol–water partition coefficient (Wildman–Crippen LogP) is 1.57. The van der Waals surface area contributed by atoms with Gasteiger partial charge in [0, 0.05) is 26.2 Å². The van der Waals surface area contributed by atoms with Crippen LogP contribution in [0.2, 0.25) is 0 Å².